The van der Waals surface area contributed by atoms with Gasteiger partial charge >= 0.3 is 5.97 Å². The van der Waals surface area contributed by atoms with Gasteiger partial charge in [0, 0.05) is 7.05 Å². The average molecular weight is 266 g/mol. The zero-order valence-corrected chi connectivity index (χ0v) is 11.3. The lowest BCUT2D eigenvalue weighted by atomic mass is 10.4. The van der Waals surface area contributed by atoms with Crippen molar-refractivity contribution < 1.29 is 13.9 Å². The molecule has 2 heterocycles. The minimum absolute atomic E-state index is 0.345. The van der Waals surface area contributed by atoms with Gasteiger partial charge in [-0.25, -0.2) is 9.78 Å². The number of thiazole rings is 1. The van der Waals surface area contributed by atoms with Crippen LogP contribution < -0.4 is 4.90 Å². The van der Waals surface area contributed by atoms with Gasteiger partial charge in [-0.1, -0.05) is 11.3 Å². The fourth-order valence-corrected chi connectivity index (χ4v) is 2.48. The van der Waals surface area contributed by atoms with Gasteiger partial charge in [-0.3, -0.25) is 0 Å². The first-order valence-electron chi connectivity index (χ1n) is 5.41. The van der Waals surface area contributed by atoms with Crippen molar-refractivity contribution in [3.63, 3.8) is 0 Å². The zero-order valence-electron chi connectivity index (χ0n) is 10.5. The topological polar surface area (TPSA) is 55.6 Å². The molecule has 0 radical (unpaired) electrons. The number of aromatic nitrogens is 1. The molecule has 0 atom stereocenters. The van der Waals surface area contributed by atoms with Gasteiger partial charge in [-0.15, -0.1) is 0 Å². The lowest BCUT2D eigenvalue weighted by Crippen LogP contribution is -2.15. The van der Waals surface area contributed by atoms with E-state index in [0.29, 0.717) is 17.1 Å². The van der Waals surface area contributed by atoms with Crippen molar-refractivity contribution in [2.75, 3.05) is 19.1 Å². The first-order valence-corrected chi connectivity index (χ1v) is 6.22. The number of ether oxygens (including phenoxy) is 1. The quantitative estimate of drug-likeness (QED) is 0.796. The summed E-state index contributed by atoms with van der Waals surface area (Å²) in [7, 11) is 3.27. The van der Waals surface area contributed by atoms with Crippen LogP contribution in [0.25, 0.3) is 0 Å². The highest BCUT2D eigenvalue weighted by Gasteiger charge is 2.18. The largest absolute Gasteiger partial charge is 0.467 e. The van der Waals surface area contributed by atoms with Crippen LogP contribution in [0.5, 0.6) is 0 Å². The molecule has 0 saturated heterocycles. The third kappa shape index (κ3) is 2.53. The second kappa shape index (κ2) is 5.22. The minimum Gasteiger partial charge on any atom is -0.467 e. The third-order valence-corrected chi connectivity index (χ3v) is 3.71. The summed E-state index contributed by atoms with van der Waals surface area (Å²) in [5, 5.41) is 0.768. The molecule has 0 amide bonds. The minimum atomic E-state index is -0.345. The molecule has 0 aromatic carbocycles. The van der Waals surface area contributed by atoms with Gasteiger partial charge in [0.15, 0.2) is 5.13 Å². The molecule has 0 aliphatic heterocycles. The number of rotatable bonds is 4. The Labute approximate surface area is 109 Å². The van der Waals surface area contributed by atoms with Gasteiger partial charge in [-0.05, 0) is 19.1 Å². The van der Waals surface area contributed by atoms with Crippen LogP contribution >= 0.6 is 11.3 Å². The van der Waals surface area contributed by atoms with Crippen molar-refractivity contribution in [1.29, 1.82) is 0 Å². The average Bonchev–Trinajstić information content (AvgIpc) is 2.97. The van der Waals surface area contributed by atoms with Gasteiger partial charge in [0.2, 0.25) is 0 Å². The number of methoxy groups -OCH3 is 1. The summed E-state index contributed by atoms with van der Waals surface area (Å²) in [5.74, 6) is 0.507. The molecule has 2 rings (SSSR count). The molecule has 0 unspecified atom stereocenters. The molecule has 96 valence electrons. The van der Waals surface area contributed by atoms with Crippen LogP contribution in [0, 0.1) is 6.92 Å². The number of furan rings is 1. The van der Waals surface area contributed by atoms with E-state index in [2.05, 4.69) is 4.98 Å². The maximum absolute atomic E-state index is 11.5. The number of hydrogen-bond acceptors (Lipinski definition) is 6. The molecule has 0 aliphatic rings. The van der Waals surface area contributed by atoms with Gasteiger partial charge in [0.25, 0.3) is 0 Å². The Bertz CT molecular complexity index is 534. The summed E-state index contributed by atoms with van der Waals surface area (Å²) in [6.45, 7) is 2.41. The van der Waals surface area contributed by atoms with Gasteiger partial charge in [0.1, 0.15) is 10.6 Å². The Morgan fingerprint density at radius 3 is 3.00 bits per heavy atom. The Morgan fingerprint density at radius 2 is 2.39 bits per heavy atom. The smallest absolute Gasteiger partial charge is 0.350 e. The molecule has 2 aromatic rings. The summed E-state index contributed by atoms with van der Waals surface area (Å²) in [5.41, 5.74) is 0.688. The van der Waals surface area contributed by atoms with E-state index < -0.39 is 0 Å². The molecule has 2 aromatic heterocycles. The van der Waals surface area contributed by atoms with E-state index in [-0.39, 0.29) is 5.97 Å². The summed E-state index contributed by atoms with van der Waals surface area (Å²) in [4.78, 5) is 18.3. The Hall–Kier alpha value is -1.82. The van der Waals surface area contributed by atoms with Crippen LogP contribution in [0.1, 0.15) is 21.1 Å². The number of carbonyl (C=O) groups excluding carboxylic acids is 1. The van der Waals surface area contributed by atoms with Crippen LogP contribution in [0.4, 0.5) is 5.13 Å². The molecule has 0 fully saturated rings. The van der Waals surface area contributed by atoms with Crippen molar-refractivity contribution in [1.82, 2.24) is 4.98 Å². The van der Waals surface area contributed by atoms with Crippen LogP contribution in [-0.2, 0) is 11.3 Å². The van der Waals surface area contributed by atoms with E-state index >= 15 is 0 Å². The van der Waals surface area contributed by atoms with Crippen molar-refractivity contribution in [2.45, 2.75) is 13.5 Å². The van der Waals surface area contributed by atoms with E-state index in [1.54, 1.807) is 13.2 Å². The van der Waals surface area contributed by atoms with Crippen molar-refractivity contribution in [3.8, 4) is 0 Å². The highest BCUT2D eigenvalue weighted by molar-refractivity contribution is 7.17. The molecule has 0 spiro atoms. The fraction of sp³-hybridized carbons (Fsp3) is 0.333. The lowest BCUT2D eigenvalue weighted by molar-refractivity contribution is 0.0605. The van der Waals surface area contributed by atoms with Gasteiger partial charge in [0.05, 0.1) is 25.6 Å². The Morgan fingerprint density at radius 1 is 1.61 bits per heavy atom. The molecule has 0 N–H and O–H groups in total. The fourth-order valence-electron chi connectivity index (χ4n) is 1.53. The van der Waals surface area contributed by atoms with E-state index in [0.717, 1.165) is 10.9 Å². The van der Waals surface area contributed by atoms with E-state index in [9.17, 15) is 4.79 Å². The molecule has 18 heavy (non-hydrogen) atoms. The number of carbonyl (C=O) groups is 1. The number of anilines is 1. The van der Waals surface area contributed by atoms with Crippen molar-refractivity contribution >= 4 is 22.4 Å². The van der Waals surface area contributed by atoms with E-state index in [4.69, 9.17) is 9.15 Å². The number of nitrogens with zero attached hydrogens (tertiary/aromatic N) is 2. The second-order valence-corrected chi connectivity index (χ2v) is 4.82. The number of esters is 1. The summed E-state index contributed by atoms with van der Waals surface area (Å²) in [6, 6.07) is 3.74. The normalized spacial score (nSPS) is 10.4. The number of aryl methyl sites for hydroxylation is 1. The Kier molecular flexibility index (Phi) is 3.66. The SMILES string of the molecule is COC(=O)c1sc(N(C)Cc2ccco2)nc1C. The predicted octanol–water partition coefficient (Wildman–Crippen LogP) is 2.47. The second-order valence-electron chi connectivity index (χ2n) is 3.84. The van der Waals surface area contributed by atoms with Crippen LogP contribution in [0.15, 0.2) is 22.8 Å². The summed E-state index contributed by atoms with van der Waals surface area (Å²) in [6.07, 6.45) is 1.64. The van der Waals surface area contributed by atoms with Crippen molar-refractivity contribution in [3.05, 3.63) is 34.7 Å². The summed E-state index contributed by atoms with van der Waals surface area (Å²) < 4.78 is 9.99. The molecule has 0 aliphatic carbocycles. The summed E-state index contributed by atoms with van der Waals surface area (Å²) >= 11 is 1.32. The standard InChI is InChI=1S/C12H14N2O3S/c1-8-10(11(15)16-3)18-12(13-8)14(2)7-9-5-4-6-17-9/h4-6H,7H2,1-3H3. The molecule has 0 bridgehead atoms. The highest BCUT2D eigenvalue weighted by atomic mass is 32.1. The highest BCUT2D eigenvalue weighted by Crippen LogP contribution is 2.26. The molecular weight excluding hydrogens is 252 g/mol. The van der Waals surface area contributed by atoms with E-state index in [1.165, 1.54) is 18.4 Å². The van der Waals surface area contributed by atoms with Gasteiger partial charge in [-0.2, -0.15) is 0 Å². The zero-order chi connectivity index (χ0) is 13.1. The van der Waals surface area contributed by atoms with E-state index in [1.807, 2.05) is 24.1 Å². The molecule has 0 saturated carbocycles. The Balaban J connectivity index is 2.16. The van der Waals surface area contributed by atoms with Crippen LogP contribution in [0.3, 0.4) is 0 Å². The first kappa shape index (κ1) is 12.6. The predicted molar refractivity (Wildman–Crippen MR) is 69.0 cm³/mol. The lowest BCUT2D eigenvalue weighted by Gasteiger charge is -2.13. The third-order valence-electron chi connectivity index (χ3n) is 2.46. The first-order chi connectivity index (χ1) is 8.61. The monoisotopic (exact) mass is 266 g/mol. The number of hydrogen-bond donors (Lipinski definition) is 0. The van der Waals surface area contributed by atoms with Crippen LogP contribution in [-0.4, -0.2) is 25.1 Å². The molecule has 6 heteroatoms. The molecular formula is C12H14N2O3S. The maximum Gasteiger partial charge on any atom is 0.350 e. The van der Waals surface area contributed by atoms with Crippen molar-refractivity contribution in [2.24, 2.45) is 0 Å². The molecule has 5 nitrogen and oxygen atoms in total. The van der Waals surface area contributed by atoms with Crippen LogP contribution in [0.2, 0.25) is 0 Å². The van der Waals surface area contributed by atoms with Gasteiger partial charge < -0.3 is 14.1 Å². The maximum atomic E-state index is 11.5.